The summed E-state index contributed by atoms with van der Waals surface area (Å²) in [6.07, 6.45) is 7.24. The van der Waals surface area contributed by atoms with Gasteiger partial charge in [0, 0.05) is 21.6 Å². The van der Waals surface area contributed by atoms with Crippen LogP contribution in [-0.4, -0.2) is 22.0 Å². The molecule has 1 N–H and O–H groups in total. The largest absolute Gasteiger partial charge is 0.488 e. The van der Waals surface area contributed by atoms with Crippen LogP contribution in [0.15, 0.2) is 52.6 Å². The van der Waals surface area contributed by atoms with Crippen LogP contribution in [0.4, 0.5) is 0 Å². The van der Waals surface area contributed by atoms with Gasteiger partial charge in [0.15, 0.2) is 5.11 Å². The highest BCUT2D eigenvalue weighted by Crippen LogP contribution is 2.30. The van der Waals surface area contributed by atoms with Crippen LogP contribution in [0.2, 0.25) is 0 Å². The van der Waals surface area contributed by atoms with Gasteiger partial charge in [-0.05, 0) is 55.4 Å². The topological polar surface area (TPSA) is 65.4 Å². The van der Waals surface area contributed by atoms with E-state index in [1.807, 2.05) is 36.4 Å². The third-order valence-corrected chi connectivity index (χ3v) is 6.43. The second kappa shape index (κ2) is 9.63. The molecule has 0 unspecified atom stereocenters. The van der Waals surface area contributed by atoms with E-state index in [0.717, 1.165) is 41.3 Å². The fourth-order valence-electron chi connectivity index (χ4n) is 4.05. The van der Waals surface area contributed by atoms with Crippen molar-refractivity contribution in [2.45, 2.75) is 44.8 Å². The summed E-state index contributed by atoms with van der Waals surface area (Å²) in [6, 6.07) is 15.4. The monoisotopic (exact) mass is 495 g/mol. The lowest BCUT2D eigenvalue weighted by Gasteiger charge is -2.29. The number of ether oxygens (including phenoxy) is 1. The first kappa shape index (κ1) is 21.5. The van der Waals surface area contributed by atoms with Gasteiger partial charge < -0.3 is 10.1 Å². The molecule has 0 spiro atoms. The lowest BCUT2D eigenvalue weighted by Crippen LogP contribution is -2.41. The van der Waals surface area contributed by atoms with Crippen LogP contribution in [0.3, 0.4) is 0 Å². The van der Waals surface area contributed by atoms with Crippen molar-refractivity contribution in [1.82, 2.24) is 10.2 Å². The molecule has 7 heteroatoms. The van der Waals surface area contributed by atoms with E-state index in [9.17, 15) is 10.1 Å². The Bertz CT molecular complexity index is 1090. The summed E-state index contributed by atoms with van der Waals surface area (Å²) in [6.45, 7) is 0.259. The van der Waals surface area contributed by atoms with Gasteiger partial charge in [-0.15, -0.1) is 0 Å². The molecule has 0 radical (unpaired) electrons. The normalized spacial score (nSPS) is 18.2. The van der Waals surface area contributed by atoms with Crippen LogP contribution in [0.1, 0.15) is 48.8 Å². The molecule has 2 fully saturated rings. The zero-order valence-corrected chi connectivity index (χ0v) is 19.3. The summed E-state index contributed by atoms with van der Waals surface area (Å²) < 4.78 is 6.91. The number of carbonyl (C=O) groups is 1. The van der Waals surface area contributed by atoms with Gasteiger partial charge in [0.05, 0.1) is 11.6 Å². The molecular weight excluding hydrogens is 474 g/mol. The number of rotatable bonds is 5. The van der Waals surface area contributed by atoms with Gasteiger partial charge in [0.1, 0.15) is 18.1 Å². The van der Waals surface area contributed by atoms with Gasteiger partial charge >= 0.3 is 0 Å². The Morgan fingerprint density at radius 2 is 2.00 bits per heavy atom. The Labute approximate surface area is 195 Å². The highest BCUT2D eigenvalue weighted by molar-refractivity contribution is 9.10. The van der Waals surface area contributed by atoms with E-state index in [-0.39, 0.29) is 18.6 Å². The van der Waals surface area contributed by atoms with Crippen LogP contribution in [0.25, 0.3) is 6.08 Å². The third-order valence-electron chi connectivity index (χ3n) is 5.64. The molecule has 2 aromatic rings. The SMILES string of the molecule is N#Cc1ccccc1COc1ccc(Br)cc1/C=C1/NC(=S)N(C2CCCCC2)C1=O. The van der Waals surface area contributed by atoms with Gasteiger partial charge in [0.2, 0.25) is 0 Å². The molecule has 31 heavy (non-hydrogen) atoms. The van der Waals surface area contributed by atoms with Crippen molar-refractivity contribution >= 4 is 45.2 Å². The number of thiocarbonyl (C=S) groups is 1. The number of nitrogens with zero attached hydrogens (tertiary/aromatic N) is 2. The van der Waals surface area contributed by atoms with Crippen molar-refractivity contribution in [2.75, 3.05) is 0 Å². The number of halogens is 1. The maximum Gasteiger partial charge on any atom is 0.276 e. The Balaban J connectivity index is 1.57. The number of hydrogen-bond donors (Lipinski definition) is 1. The molecule has 158 valence electrons. The van der Waals surface area contributed by atoms with Gasteiger partial charge in [-0.2, -0.15) is 5.26 Å². The minimum atomic E-state index is -0.0855. The molecular formula is C24H22BrN3O2S. The van der Waals surface area contributed by atoms with E-state index in [1.165, 1.54) is 6.42 Å². The van der Waals surface area contributed by atoms with Crippen molar-refractivity contribution in [3.05, 3.63) is 69.3 Å². The molecule has 4 rings (SSSR count). The maximum absolute atomic E-state index is 13.1. The van der Waals surface area contributed by atoms with E-state index < -0.39 is 0 Å². The van der Waals surface area contributed by atoms with Crippen LogP contribution < -0.4 is 10.1 Å². The summed E-state index contributed by atoms with van der Waals surface area (Å²) in [7, 11) is 0. The molecule has 5 nitrogen and oxygen atoms in total. The first-order valence-electron chi connectivity index (χ1n) is 10.3. The predicted octanol–water partition coefficient (Wildman–Crippen LogP) is 5.29. The van der Waals surface area contributed by atoms with Crippen LogP contribution in [-0.2, 0) is 11.4 Å². The fourth-order valence-corrected chi connectivity index (χ4v) is 4.77. The van der Waals surface area contributed by atoms with Gasteiger partial charge in [-0.3, -0.25) is 9.69 Å². The highest BCUT2D eigenvalue weighted by Gasteiger charge is 2.36. The number of nitrogens with one attached hydrogen (secondary N) is 1. The average Bonchev–Trinajstić information content (AvgIpc) is 3.06. The number of benzene rings is 2. The number of nitriles is 1. The second-order valence-electron chi connectivity index (χ2n) is 7.69. The molecule has 1 saturated carbocycles. The minimum absolute atomic E-state index is 0.0855. The highest BCUT2D eigenvalue weighted by atomic mass is 79.9. The number of amides is 1. The predicted molar refractivity (Wildman–Crippen MR) is 127 cm³/mol. The van der Waals surface area contributed by atoms with Crippen molar-refractivity contribution in [2.24, 2.45) is 0 Å². The van der Waals surface area contributed by atoms with Crippen molar-refractivity contribution in [3.63, 3.8) is 0 Å². The summed E-state index contributed by atoms with van der Waals surface area (Å²) in [4.78, 5) is 14.8. The summed E-state index contributed by atoms with van der Waals surface area (Å²) in [5, 5.41) is 12.9. The second-order valence-corrected chi connectivity index (χ2v) is 9.00. The van der Waals surface area contributed by atoms with E-state index in [4.69, 9.17) is 17.0 Å². The van der Waals surface area contributed by atoms with E-state index in [0.29, 0.717) is 22.1 Å². The van der Waals surface area contributed by atoms with Gasteiger partial charge in [-0.25, -0.2) is 0 Å². The van der Waals surface area contributed by atoms with Crippen molar-refractivity contribution in [1.29, 1.82) is 5.26 Å². The maximum atomic E-state index is 13.1. The Morgan fingerprint density at radius 3 is 2.77 bits per heavy atom. The fraction of sp³-hybridized carbons (Fsp3) is 0.292. The van der Waals surface area contributed by atoms with E-state index in [1.54, 1.807) is 17.0 Å². The van der Waals surface area contributed by atoms with Crippen LogP contribution in [0.5, 0.6) is 5.75 Å². The van der Waals surface area contributed by atoms with Gasteiger partial charge in [-0.1, -0.05) is 53.4 Å². The molecule has 1 aliphatic heterocycles. The summed E-state index contributed by atoms with van der Waals surface area (Å²) in [5.74, 6) is 0.540. The average molecular weight is 496 g/mol. The van der Waals surface area contributed by atoms with E-state index in [2.05, 4.69) is 27.3 Å². The molecule has 0 atom stereocenters. The molecule has 1 aliphatic carbocycles. The standard InChI is InChI=1S/C24H22BrN3O2S/c25-19-10-11-22(30-15-17-7-5-4-6-16(17)14-26)18(12-19)13-21-23(29)28(24(31)27-21)20-8-2-1-3-9-20/h4-7,10-13,20H,1-3,8-9,15H2,(H,27,31)/b21-13+. The van der Waals surface area contributed by atoms with Crippen molar-refractivity contribution < 1.29 is 9.53 Å². The molecule has 1 heterocycles. The third kappa shape index (κ3) is 4.81. The molecule has 1 saturated heterocycles. The smallest absolute Gasteiger partial charge is 0.276 e. The Morgan fingerprint density at radius 1 is 1.23 bits per heavy atom. The molecule has 2 aliphatic rings. The molecule has 0 aromatic heterocycles. The summed E-state index contributed by atoms with van der Waals surface area (Å²) >= 11 is 8.97. The van der Waals surface area contributed by atoms with Gasteiger partial charge in [0.25, 0.3) is 5.91 Å². The Hall–Kier alpha value is -2.69. The molecule has 1 amide bonds. The van der Waals surface area contributed by atoms with Crippen LogP contribution in [0, 0.1) is 11.3 Å². The van der Waals surface area contributed by atoms with E-state index >= 15 is 0 Å². The number of hydrogen-bond acceptors (Lipinski definition) is 4. The molecule has 0 bridgehead atoms. The van der Waals surface area contributed by atoms with Crippen molar-refractivity contribution in [3.8, 4) is 11.8 Å². The minimum Gasteiger partial charge on any atom is -0.488 e. The zero-order chi connectivity index (χ0) is 21.8. The lowest BCUT2D eigenvalue weighted by molar-refractivity contribution is -0.124. The summed E-state index contributed by atoms with van der Waals surface area (Å²) in [5.41, 5.74) is 2.61. The first-order valence-corrected chi connectivity index (χ1v) is 11.5. The molecule has 2 aromatic carbocycles. The zero-order valence-electron chi connectivity index (χ0n) is 16.9. The number of carbonyl (C=O) groups excluding carboxylic acids is 1. The van der Waals surface area contributed by atoms with Crippen LogP contribution >= 0.6 is 28.1 Å². The quantitative estimate of drug-likeness (QED) is 0.450. The lowest BCUT2D eigenvalue weighted by atomic mass is 9.94. The first-order chi connectivity index (χ1) is 15.1. The Kier molecular flexibility index (Phi) is 6.69.